The summed E-state index contributed by atoms with van der Waals surface area (Å²) in [6.45, 7) is 1.13. The van der Waals surface area contributed by atoms with Gasteiger partial charge in [-0.1, -0.05) is 353 Å². The first kappa shape index (κ1) is 70.6. The predicted octanol–water partition coefficient (Wildman–Crippen LogP) is 21.5. The maximum absolute atomic E-state index is 12.6. The van der Waals surface area contributed by atoms with Gasteiger partial charge in [0.1, 0.15) is 13.2 Å². The molecule has 0 amide bonds. The second-order valence-electron chi connectivity index (χ2n) is 24.2. The van der Waals surface area contributed by atoms with Crippen LogP contribution in [-0.2, 0) is 19.1 Å². The van der Waals surface area contributed by atoms with Gasteiger partial charge in [-0.25, -0.2) is 0 Å². The van der Waals surface area contributed by atoms with Crippen molar-refractivity contribution in [2.75, 3.05) is 26.4 Å². The monoisotopic (exact) mass is 1040 g/mol. The fraction of sp³-hybridized carbons (Fsp3) is 0.941. The Kier molecular flexibility index (Phi) is 55.1. The molecule has 0 radical (unpaired) electrons. The van der Waals surface area contributed by atoms with Gasteiger partial charge in [-0.3, -0.25) is 9.59 Å². The summed E-state index contributed by atoms with van der Waals surface area (Å²) in [5.74, 6) is -1.40. The van der Waals surface area contributed by atoms with Crippen LogP contribution in [0.4, 0.5) is 0 Å². The van der Waals surface area contributed by atoms with Crippen LogP contribution in [0.5, 0.6) is 0 Å². The lowest BCUT2D eigenvalue weighted by molar-refractivity contribution is -0.155. The minimum atomic E-state index is -1.12. The molecule has 1 heterocycles. The Morgan fingerprint density at radius 1 is 0.351 bits per heavy atom. The van der Waals surface area contributed by atoms with Crippen LogP contribution in [0, 0.1) is 11.3 Å². The molecule has 74 heavy (non-hydrogen) atoms. The highest BCUT2D eigenvalue weighted by atomic mass is 16.6. The Bertz CT molecular complexity index is 1160. The molecule has 0 aromatic heterocycles. The van der Waals surface area contributed by atoms with Crippen molar-refractivity contribution >= 4 is 11.9 Å². The number of unbranched alkanes of at least 4 members (excludes halogenated alkanes) is 53. The van der Waals surface area contributed by atoms with Crippen molar-refractivity contribution in [1.82, 2.24) is 0 Å². The highest BCUT2D eigenvalue weighted by Gasteiger charge is 2.36. The van der Waals surface area contributed by atoms with Crippen molar-refractivity contribution in [3.63, 3.8) is 0 Å². The number of carbonyl (C=O) groups is 2. The number of hydrogen-bond acceptors (Lipinski definition) is 6. The van der Waals surface area contributed by atoms with Crippen LogP contribution in [-0.4, -0.2) is 48.6 Å². The Balaban J connectivity index is 1.66. The summed E-state index contributed by atoms with van der Waals surface area (Å²) in [5, 5.41) is 19.2. The largest absolute Gasteiger partial charge is 0.465 e. The Labute approximate surface area is 462 Å². The van der Waals surface area contributed by atoms with Crippen LogP contribution in [0.1, 0.15) is 373 Å². The van der Waals surface area contributed by atoms with Gasteiger partial charge in [-0.2, -0.15) is 0 Å². The average Bonchev–Trinajstić information content (AvgIpc) is 3.47. The van der Waals surface area contributed by atoms with Gasteiger partial charge in [-0.05, 0) is 25.7 Å². The van der Waals surface area contributed by atoms with E-state index in [1.54, 1.807) is 0 Å². The van der Waals surface area contributed by atoms with E-state index in [-0.39, 0.29) is 19.6 Å². The van der Waals surface area contributed by atoms with E-state index in [9.17, 15) is 19.8 Å². The summed E-state index contributed by atoms with van der Waals surface area (Å²) in [4.78, 5) is 24.8. The van der Waals surface area contributed by atoms with E-state index in [1.807, 2.05) is 0 Å². The molecule has 1 rings (SSSR count). The number of esters is 2. The highest BCUT2D eigenvalue weighted by molar-refractivity contribution is 5.80. The number of aliphatic hydroxyl groups is 2. The molecule has 0 aromatic rings. The first-order valence-electron chi connectivity index (χ1n) is 33.8. The third-order valence-corrected chi connectivity index (χ3v) is 16.8. The molecule has 438 valence electrons. The molecule has 2 N–H and O–H groups in total. The van der Waals surface area contributed by atoms with Crippen LogP contribution in [0.25, 0.3) is 0 Å². The maximum Gasteiger partial charge on any atom is 0.309 e. The molecule has 0 spiro atoms. The van der Waals surface area contributed by atoms with Gasteiger partial charge in [0, 0.05) is 0 Å². The molecule has 0 bridgehead atoms. The van der Waals surface area contributed by atoms with Crippen molar-refractivity contribution in [2.24, 2.45) is 11.3 Å². The quantitative estimate of drug-likeness (QED) is 0.0358. The lowest BCUT2D eigenvalue weighted by Crippen LogP contribution is -2.40. The number of carbonyl (C=O) groups excluding carboxylic acids is 2. The molecule has 1 aliphatic heterocycles. The van der Waals surface area contributed by atoms with Gasteiger partial charge in [0.2, 0.25) is 0 Å². The Morgan fingerprint density at radius 3 is 0.824 bits per heavy atom. The Morgan fingerprint density at radius 2 is 0.581 bits per heavy atom. The number of rotatable bonds is 59. The molecule has 1 aliphatic rings. The van der Waals surface area contributed by atoms with Crippen LogP contribution in [0.2, 0.25) is 0 Å². The molecular formula is C68H130O6. The van der Waals surface area contributed by atoms with Crippen LogP contribution in [0.3, 0.4) is 0 Å². The van der Waals surface area contributed by atoms with Gasteiger partial charge in [0.15, 0.2) is 0 Å². The van der Waals surface area contributed by atoms with Crippen LogP contribution >= 0.6 is 0 Å². The van der Waals surface area contributed by atoms with Gasteiger partial charge in [0.05, 0.1) is 31.0 Å². The molecule has 0 saturated carbocycles. The van der Waals surface area contributed by atoms with E-state index in [2.05, 4.69) is 19.1 Å². The Hall–Kier alpha value is -1.40. The van der Waals surface area contributed by atoms with E-state index in [0.717, 1.165) is 19.3 Å². The summed E-state index contributed by atoms with van der Waals surface area (Å²) >= 11 is 0. The lowest BCUT2D eigenvalue weighted by Gasteiger charge is -2.27. The highest BCUT2D eigenvalue weighted by Crippen LogP contribution is 2.25. The molecule has 6 nitrogen and oxygen atoms in total. The normalized spacial score (nSPS) is 15.1. The summed E-state index contributed by atoms with van der Waals surface area (Å²) in [7, 11) is 0. The molecule has 1 unspecified atom stereocenters. The molecule has 0 aliphatic carbocycles. The zero-order chi connectivity index (χ0) is 53.2. The molecule has 1 atom stereocenters. The summed E-state index contributed by atoms with van der Waals surface area (Å²) in [6.07, 6.45) is 83.2. The molecular weight excluding hydrogens is 913 g/mol. The SMILES string of the molecule is CC/C=C/CCCCCCCCCCCCCCCCCCCCCCCCCCCCCCCCCCCCCCCCCCCCCCCCCCCCCCCC1CC(=O)OCC(CO)(CO)COC1=O. The van der Waals surface area contributed by atoms with Crippen molar-refractivity contribution in [3.8, 4) is 0 Å². The van der Waals surface area contributed by atoms with E-state index >= 15 is 0 Å². The summed E-state index contributed by atoms with van der Waals surface area (Å²) in [5.41, 5.74) is -1.12. The number of allylic oxidation sites excluding steroid dienone is 2. The summed E-state index contributed by atoms with van der Waals surface area (Å²) in [6, 6.07) is 0. The van der Waals surface area contributed by atoms with Gasteiger partial charge < -0.3 is 19.7 Å². The topological polar surface area (TPSA) is 93.1 Å². The minimum Gasteiger partial charge on any atom is -0.465 e. The molecule has 0 aromatic carbocycles. The zero-order valence-corrected chi connectivity index (χ0v) is 49.9. The maximum atomic E-state index is 12.6. The number of cyclic esters (lactones) is 2. The van der Waals surface area contributed by atoms with Crippen molar-refractivity contribution in [3.05, 3.63) is 12.2 Å². The van der Waals surface area contributed by atoms with Crippen molar-refractivity contribution in [2.45, 2.75) is 373 Å². The molecule has 1 fully saturated rings. The van der Waals surface area contributed by atoms with Crippen LogP contribution in [0.15, 0.2) is 12.2 Å². The van der Waals surface area contributed by atoms with E-state index in [4.69, 9.17) is 9.47 Å². The number of ether oxygens (including phenoxy) is 2. The van der Waals surface area contributed by atoms with E-state index < -0.39 is 36.5 Å². The van der Waals surface area contributed by atoms with Gasteiger partial charge in [0.25, 0.3) is 0 Å². The molecule has 1 saturated heterocycles. The predicted molar refractivity (Wildman–Crippen MR) is 320 cm³/mol. The fourth-order valence-electron chi connectivity index (χ4n) is 11.4. The smallest absolute Gasteiger partial charge is 0.309 e. The van der Waals surface area contributed by atoms with Crippen molar-refractivity contribution in [1.29, 1.82) is 0 Å². The third kappa shape index (κ3) is 48.9. The zero-order valence-electron chi connectivity index (χ0n) is 49.9. The second kappa shape index (κ2) is 57.8. The van der Waals surface area contributed by atoms with E-state index in [1.165, 1.54) is 334 Å². The third-order valence-electron chi connectivity index (χ3n) is 16.8. The van der Waals surface area contributed by atoms with Gasteiger partial charge in [-0.15, -0.1) is 0 Å². The number of hydrogen-bond donors (Lipinski definition) is 2. The summed E-state index contributed by atoms with van der Waals surface area (Å²) < 4.78 is 10.6. The number of aliphatic hydroxyl groups excluding tert-OH is 2. The standard InChI is InChI=1S/C68H130O6/c1-2-3-4-5-6-7-8-9-10-11-12-13-14-15-16-17-18-19-20-21-22-23-24-25-26-27-28-29-30-31-32-33-34-35-36-37-38-39-40-41-42-43-44-45-46-47-48-49-50-51-52-53-54-55-56-57-58-59-65-60-66(71)73-63-68(61-69,62-70)64-74-67(65)72/h3-4,65,69-70H,2,5-64H2,1H3/b4-3+. The first-order chi connectivity index (χ1) is 36.6. The second-order valence-corrected chi connectivity index (χ2v) is 24.2. The first-order valence-corrected chi connectivity index (χ1v) is 33.8. The average molecular weight is 1040 g/mol. The van der Waals surface area contributed by atoms with Gasteiger partial charge >= 0.3 is 11.9 Å². The van der Waals surface area contributed by atoms with E-state index in [0.29, 0.717) is 6.42 Å². The molecule has 6 heteroatoms. The van der Waals surface area contributed by atoms with Crippen molar-refractivity contribution < 1.29 is 29.3 Å². The minimum absolute atomic E-state index is 0.00530. The fourth-order valence-corrected chi connectivity index (χ4v) is 11.4. The van der Waals surface area contributed by atoms with Crippen LogP contribution < -0.4 is 0 Å². The lowest BCUT2D eigenvalue weighted by atomic mass is 9.92.